The van der Waals surface area contributed by atoms with Crippen LogP contribution in [0.25, 0.3) is 0 Å². The predicted octanol–water partition coefficient (Wildman–Crippen LogP) is 2.76. The van der Waals surface area contributed by atoms with Crippen molar-refractivity contribution in [3.63, 3.8) is 0 Å². The van der Waals surface area contributed by atoms with Gasteiger partial charge in [-0.1, -0.05) is 19.3 Å². The zero-order chi connectivity index (χ0) is 10.0. The molecule has 0 unspecified atom stereocenters. The molecule has 14 heavy (non-hydrogen) atoms. The van der Waals surface area contributed by atoms with Crippen molar-refractivity contribution in [2.45, 2.75) is 57.7 Å². The summed E-state index contributed by atoms with van der Waals surface area (Å²) in [7, 11) is 0. The molecule has 2 aliphatic rings. The van der Waals surface area contributed by atoms with E-state index in [-0.39, 0.29) is 5.60 Å². The van der Waals surface area contributed by atoms with E-state index in [2.05, 4.69) is 13.8 Å². The van der Waals surface area contributed by atoms with Crippen LogP contribution in [0.1, 0.15) is 46.0 Å². The average Bonchev–Trinajstić information content (AvgIpc) is 2.18. The first-order chi connectivity index (χ1) is 6.76. The SMILES string of the molecule is CCO[C@@]1(C)CO[C@@H]1C1CCCCC1. The van der Waals surface area contributed by atoms with Crippen molar-refractivity contribution in [3.05, 3.63) is 0 Å². The minimum Gasteiger partial charge on any atom is -0.372 e. The molecule has 1 saturated carbocycles. The molecule has 2 rings (SSSR count). The van der Waals surface area contributed by atoms with Crippen LogP contribution < -0.4 is 0 Å². The molecule has 0 N–H and O–H groups in total. The van der Waals surface area contributed by atoms with Crippen molar-refractivity contribution in [1.29, 1.82) is 0 Å². The molecule has 2 heteroatoms. The lowest BCUT2D eigenvalue weighted by atomic mass is 9.76. The smallest absolute Gasteiger partial charge is 0.115 e. The molecule has 1 aliphatic heterocycles. The van der Waals surface area contributed by atoms with Gasteiger partial charge in [0.05, 0.1) is 12.7 Å². The number of ether oxygens (including phenoxy) is 2. The van der Waals surface area contributed by atoms with E-state index in [0.717, 1.165) is 19.1 Å². The Kier molecular flexibility index (Phi) is 3.13. The maximum Gasteiger partial charge on any atom is 0.115 e. The molecule has 0 aromatic rings. The van der Waals surface area contributed by atoms with E-state index in [1.807, 2.05) is 0 Å². The summed E-state index contributed by atoms with van der Waals surface area (Å²) in [4.78, 5) is 0. The maximum absolute atomic E-state index is 5.81. The van der Waals surface area contributed by atoms with Gasteiger partial charge in [-0.05, 0) is 32.6 Å². The molecule has 0 radical (unpaired) electrons. The first-order valence-corrected chi connectivity index (χ1v) is 6.02. The lowest BCUT2D eigenvalue weighted by Gasteiger charge is -2.50. The van der Waals surface area contributed by atoms with E-state index >= 15 is 0 Å². The van der Waals surface area contributed by atoms with Crippen molar-refractivity contribution in [2.75, 3.05) is 13.2 Å². The van der Waals surface area contributed by atoms with Gasteiger partial charge in [-0.25, -0.2) is 0 Å². The van der Waals surface area contributed by atoms with Gasteiger partial charge in [0.1, 0.15) is 5.60 Å². The van der Waals surface area contributed by atoms with Crippen molar-refractivity contribution in [2.24, 2.45) is 5.92 Å². The highest BCUT2D eigenvalue weighted by atomic mass is 16.6. The van der Waals surface area contributed by atoms with Gasteiger partial charge in [0.15, 0.2) is 0 Å². The van der Waals surface area contributed by atoms with Crippen LogP contribution in [0, 0.1) is 5.92 Å². The minimum absolute atomic E-state index is 0.0246. The van der Waals surface area contributed by atoms with Crippen LogP contribution in [0.4, 0.5) is 0 Å². The van der Waals surface area contributed by atoms with E-state index in [9.17, 15) is 0 Å². The fourth-order valence-corrected chi connectivity index (χ4v) is 2.94. The standard InChI is InChI=1S/C12H22O2/c1-3-14-12(2)9-13-11(12)10-7-5-4-6-8-10/h10-11H,3-9H2,1-2H3/t11-,12+/m1/s1. The van der Waals surface area contributed by atoms with Crippen LogP contribution >= 0.6 is 0 Å². The van der Waals surface area contributed by atoms with E-state index in [1.165, 1.54) is 32.1 Å². The third kappa shape index (κ3) is 1.82. The summed E-state index contributed by atoms with van der Waals surface area (Å²) >= 11 is 0. The monoisotopic (exact) mass is 198 g/mol. The summed E-state index contributed by atoms with van der Waals surface area (Å²) in [5.41, 5.74) is 0.0246. The van der Waals surface area contributed by atoms with E-state index in [1.54, 1.807) is 0 Å². The number of rotatable bonds is 3. The number of hydrogen-bond acceptors (Lipinski definition) is 2. The van der Waals surface area contributed by atoms with Crippen LogP contribution in [0.15, 0.2) is 0 Å². The van der Waals surface area contributed by atoms with Crippen molar-refractivity contribution in [3.8, 4) is 0 Å². The molecule has 1 saturated heterocycles. The Morgan fingerprint density at radius 2 is 2.00 bits per heavy atom. The Hall–Kier alpha value is -0.0800. The third-order valence-corrected chi connectivity index (χ3v) is 3.70. The topological polar surface area (TPSA) is 18.5 Å². The fraction of sp³-hybridized carbons (Fsp3) is 1.00. The van der Waals surface area contributed by atoms with Gasteiger partial charge in [-0.2, -0.15) is 0 Å². The minimum atomic E-state index is 0.0246. The summed E-state index contributed by atoms with van der Waals surface area (Å²) in [6.45, 7) is 5.88. The van der Waals surface area contributed by atoms with Gasteiger partial charge in [-0.15, -0.1) is 0 Å². The predicted molar refractivity (Wildman–Crippen MR) is 56.3 cm³/mol. The fourth-order valence-electron chi connectivity index (χ4n) is 2.94. The molecular formula is C12H22O2. The van der Waals surface area contributed by atoms with Crippen LogP contribution in [-0.4, -0.2) is 24.9 Å². The molecule has 0 aromatic heterocycles. The second kappa shape index (κ2) is 4.19. The molecule has 2 fully saturated rings. The van der Waals surface area contributed by atoms with Gasteiger partial charge in [0.2, 0.25) is 0 Å². The Labute approximate surface area is 87.0 Å². The molecule has 1 aliphatic carbocycles. The summed E-state index contributed by atoms with van der Waals surface area (Å²) in [5, 5.41) is 0. The van der Waals surface area contributed by atoms with Crippen molar-refractivity contribution >= 4 is 0 Å². The van der Waals surface area contributed by atoms with Crippen molar-refractivity contribution < 1.29 is 9.47 Å². The lowest BCUT2D eigenvalue weighted by Crippen LogP contribution is -2.61. The summed E-state index contributed by atoms with van der Waals surface area (Å²) in [5.74, 6) is 0.758. The summed E-state index contributed by atoms with van der Waals surface area (Å²) in [6.07, 6.45) is 7.23. The van der Waals surface area contributed by atoms with Gasteiger partial charge in [0, 0.05) is 6.61 Å². The summed E-state index contributed by atoms with van der Waals surface area (Å²) in [6, 6.07) is 0. The van der Waals surface area contributed by atoms with Crippen LogP contribution in [0.3, 0.4) is 0 Å². The molecule has 1 heterocycles. The molecular weight excluding hydrogens is 176 g/mol. The number of hydrogen-bond donors (Lipinski definition) is 0. The van der Waals surface area contributed by atoms with E-state index in [0.29, 0.717) is 6.10 Å². The zero-order valence-corrected chi connectivity index (χ0v) is 9.42. The first kappa shape index (κ1) is 10.4. The third-order valence-electron chi connectivity index (χ3n) is 3.70. The quantitative estimate of drug-likeness (QED) is 0.694. The molecule has 0 spiro atoms. The molecule has 2 nitrogen and oxygen atoms in total. The Balaban J connectivity index is 1.90. The normalized spacial score (nSPS) is 39.4. The van der Waals surface area contributed by atoms with Gasteiger partial charge in [0.25, 0.3) is 0 Å². The van der Waals surface area contributed by atoms with E-state index in [4.69, 9.17) is 9.47 Å². The van der Waals surface area contributed by atoms with Gasteiger partial charge >= 0.3 is 0 Å². The molecule has 82 valence electrons. The molecule has 0 bridgehead atoms. The largest absolute Gasteiger partial charge is 0.372 e. The molecule has 0 amide bonds. The van der Waals surface area contributed by atoms with Crippen molar-refractivity contribution in [1.82, 2.24) is 0 Å². The first-order valence-electron chi connectivity index (χ1n) is 6.02. The van der Waals surface area contributed by atoms with Crippen LogP contribution in [0.5, 0.6) is 0 Å². The Morgan fingerprint density at radius 1 is 1.29 bits per heavy atom. The average molecular weight is 198 g/mol. The lowest BCUT2D eigenvalue weighted by molar-refractivity contribution is -0.269. The van der Waals surface area contributed by atoms with E-state index < -0.39 is 0 Å². The highest BCUT2D eigenvalue weighted by Gasteiger charge is 2.49. The van der Waals surface area contributed by atoms with Gasteiger partial charge < -0.3 is 9.47 Å². The van der Waals surface area contributed by atoms with Crippen LogP contribution in [0.2, 0.25) is 0 Å². The van der Waals surface area contributed by atoms with Gasteiger partial charge in [-0.3, -0.25) is 0 Å². The summed E-state index contributed by atoms with van der Waals surface area (Å²) < 4.78 is 11.5. The second-order valence-electron chi connectivity index (χ2n) is 4.88. The molecule has 0 aromatic carbocycles. The van der Waals surface area contributed by atoms with Crippen LogP contribution in [-0.2, 0) is 9.47 Å². The Morgan fingerprint density at radius 3 is 2.50 bits per heavy atom. The highest BCUT2D eigenvalue weighted by Crippen LogP contribution is 2.40. The second-order valence-corrected chi connectivity index (χ2v) is 4.88. The highest BCUT2D eigenvalue weighted by molar-refractivity contribution is 4.97. The zero-order valence-electron chi connectivity index (χ0n) is 9.42. The Bertz CT molecular complexity index is 187. The maximum atomic E-state index is 5.81. The molecule has 2 atom stereocenters.